The van der Waals surface area contributed by atoms with Crippen molar-refractivity contribution in [3.63, 3.8) is 0 Å². The van der Waals surface area contributed by atoms with Crippen molar-refractivity contribution in [3.05, 3.63) is 64.9 Å². The fourth-order valence-corrected chi connectivity index (χ4v) is 3.44. The molecule has 2 amide bonds. The lowest BCUT2D eigenvalue weighted by atomic mass is 9.76. The number of nitrogens with one attached hydrogen (secondary N) is 1. The number of para-hydroxylation sites is 1. The molecule has 2 aromatic rings. The van der Waals surface area contributed by atoms with Gasteiger partial charge in [-0.1, -0.05) is 31.7 Å². The van der Waals surface area contributed by atoms with Crippen LogP contribution in [0.1, 0.15) is 18.1 Å². The molecule has 2 rings (SSSR count). The van der Waals surface area contributed by atoms with Gasteiger partial charge in [0.2, 0.25) is 5.91 Å². The van der Waals surface area contributed by atoms with Crippen molar-refractivity contribution >= 4 is 36.0 Å². The number of aryl methyl sites for hydroxylation is 1. The molecule has 0 spiro atoms. The summed E-state index contributed by atoms with van der Waals surface area (Å²) in [6, 6.07) is 9.20. The molecule has 142 valence electrons. The third-order valence-electron chi connectivity index (χ3n) is 4.15. The summed E-state index contributed by atoms with van der Waals surface area (Å²) in [6.45, 7) is 5.23. The Balaban J connectivity index is 2.15. The zero-order valence-electron chi connectivity index (χ0n) is 15.2. The van der Waals surface area contributed by atoms with Crippen LogP contribution in [0.4, 0.5) is 5.69 Å². The molecule has 0 aliphatic carbocycles. The molecule has 1 heterocycles. The molecule has 27 heavy (non-hydrogen) atoms. The Bertz CT molecular complexity index is 780. The van der Waals surface area contributed by atoms with Crippen LogP contribution in [0.5, 0.6) is 0 Å². The first-order valence-corrected chi connectivity index (χ1v) is 9.59. The summed E-state index contributed by atoms with van der Waals surface area (Å²) >= 11 is 1.49. The number of rotatable bonds is 9. The second kappa shape index (κ2) is 10.1. The number of benzene rings is 1. The molecule has 1 atom stereocenters. The molecule has 0 aliphatic heterocycles. The highest BCUT2D eigenvalue weighted by molar-refractivity contribution is 7.07. The van der Waals surface area contributed by atoms with Crippen LogP contribution in [0.15, 0.2) is 53.7 Å². The van der Waals surface area contributed by atoms with Crippen molar-refractivity contribution in [2.24, 2.45) is 0 Å². The van der Waals surface area contributed by atoms with Gasteiger partial charge in [-0.05, 0) is 52.9 Å². The maximum atomic E-state index is 12.5. The normalized spacial score (nSPS) is 11.5. The fraction of sp³-hybridized carbons (Fsp3) is 0.263. The largest absolute Gasteiger partial charge is 0.475 e. The predicted octanol–water partition coefficient (Wildman–Crippen LogP) is 1.57. The highest BCUT2D eigenvalue weighted by Crippen LogP contribution is 2.21. The summed E-state index contributed by atoms with van der Waals surface area (Å²) in [5.74, 6) is -1.75. The molecule has 1 aromatic heterocycles. The molecule has 1 unspecified atom stereocenters. The quantitative estimate of drug-likeness (QED) is 0.451. The zero-order valence-corrected chi connectivity index (χ0v) is 16.0. The van der Waals surface area contributed by atoms with Crippen molar-refractivity contribution in [1.29, 1.82) is 0 Å². The van der Waals surface area contributed by atoms with Crippen LogP contribution in [0.3, 0.4) is 0 Å². The third-order valence-corrected chi connectivity index (χ3v) is 4.88. The van der Waals surface area contributed by atoms with Crippen LogP contribution in [0, 0.1) is 0 Å². The summed E-state index contributed by atoms with van der Waals surface area (Å²) in [6.07, 6.45) is 2.14. The molecule has 6 nitrogen and oxygen atoms in total. The van der Waals surface area contributed by atoms with Crippen molar-refractivity contribution in [2.75, 3.05) is 11.4 Å². The Kier molecular flexibility index (Phi) is 7.78. The molecule has 0 radical (unpaired) electrons. The maximum absolute atomic E-state index is 12.5. The first-order valence-electron chi connectivity index (χ1n) is 8.64. The Hall–Kier alpha value is -2.42. The van der Waals surface area contributed by atoms with Crippen LogP contribution in [-0.4, -0.2) is 41.5 Å². The van der Waals surface area contributed by atoms with Crippen molar-refractivity contribution in [3.8, 4) is 0 Å². The van der Waals surface area contributed by atoms with Crippen LogP contribution in [-0.2, 0) is 22.4 Å². The second-order valence-corrected chi connectivity index (χ2v) is 6.81. The number of thiophene rings is 1. The number of carbonyl (C=O) groups excluding carboxylic acids is 2. The molecule has 0 aliphatic rings. The Morgan fingerprint density at radius 2 is 2.07 bits per heavy atom. The van der Waals surface area contributed by atoms with Gasteiger partial charge >= 0.3 is 7.12 Å². The average molecular weight is 386 g/mol. The van der Waals surface area contributed by atoms with Gasteiger partial charge in [0.05, 0.1) is 5.94 Å². The predicted molar refractivity (Wildman–Crippen MR) is 109 cm³/mol. The summed E-state index contributed by atoms with van der Waals surface area (Å²) in [5, 5.41) is 25.6. The highest BCUT2D eigenvalue weighted by atomic mass is 32.1. The summed E-state index contributed by atoms with van der Waals surface area (Å²) < 4.78 is 0. The lowest BCUT2D eigenvalue weighted by Crippen LogP contribution is -2.51. The molecule has 0 saturated heterocycles. The van der Waals surface area contributed by atoms with E-state index in [2.05, 4.69) is 11.9 Å². The molecule has 1 aromatic carbocycles. The molecule has 0 bridgehead atoms. The number of nitrogens with zero attached hydrogens (tertiary/aromatic N) is 1. The van der Waals surface area contributed by atoms with Crippen LogP contribution < -0.4 is 10.2 Å². The van der Waals surface area contributed by atoms with E-state index in [0.717, 1.165) is 17.2 Å². The van der Waals surface area contributed by atoms with E-state index >= 15 is 0 Å². The lowest BCUT2D eigenvalue weighted by Gasteiger charge is -2.25. The van der Waals surface area contributed by atoms with Gasteiger partial charge in [-0.15, -0.1) is 0 Å². The number of hydrogen-bond acceptors (Lipinski definition) is 5. The molecule has 0 fully saturated rings. The van der Waals surface area contributed by atoms with Crippen molar-refractivity contribution < 1.29 is 19.6 Å². The van der Waals surface area contributed by atoms with E-state index in [1.54, 1.807) is 12.1 Å². The third kappa shape index (κ3) is 5.78. The maximum Gasteiger partial charge on any atom is 0.475 e. The minimum atomic E-state index is -1.71. The lowest BCUT2D eigenvalue weighted by molar-refractivity contribution is -0.122. The van der Waals surface area contributed by atoms with Crippen LogP contribution in [0.2, 0.25) is 0 Å². The van der Waals surface area contributed by atoms with Gasteiger partial charge in [0.25, 0.3) is 5.91 Å². The van der Waals surface area contributed by atoms with E-state index < -0.39 is 24.9 Å². The van der Waals surface area contributed by atoms with Gasteiger partial charge in [0.15, 0.2) is 0 Å². The molecule has 0 saturated carbocycles. The molecule has 8 heteroatoms. The van der Waals surface area contributed by atoms with Crippen LogP contribution >= 0.6 is 11.3 Å². The van der Waals surface area contributed by atoms with Gasteiger partial charge in [0.1, 0.15) is 6.54 Å². The van der Waals surface area contributed by atoms with E-state index in [0.29, 0.717) is 12.1 Å². The average Bonchev–Trinajstić information content (AvgIpc) is 3.18. The van der Waals surface area contributed by atoms with E-state index in [-0.39, 0.29) is 13.0 Å². The monoisotopic (exact) mass is 386 g/mol. The van der Waals surface area contributed by atoms with Gasteiger partial charge in [-0.3, -0.25) is 14.5 Å². The van der Waals surface area contributed by atoms with Crippen molar-refractivity contribution in [2.45, 2.75) is 25.7 Å². The standard InChI is InChI=1S/C19H23BN2O4S/c1-3-15-7-5-6-8-16(15)22(19(24)4-2)12-18(23)21-17(20(25)26)11-14-9-10-27-13-14/h4-10,13,17,25-26H,2-3,11-12H2,1H3,(H,21,23). The highest BCUT2D eigenvalue weighted by Gasteiger charge is 2.27. The summed E-state index contributed by atoms with van der Waals surface area (Å²) in [4.78, 5) is 26.2. The topological polar surface area (TPSA) is 89.9 Å². The Morgan fingerprint density at radius 3 is 2.67 bits per heavy atom. The van der Waals surface area contributed by atoms with Gasteiger partial charge in [-0.2, -0.15) is 11.3 Å². The Labute approximate surface area is 163 Å². The molecular formula is C19H23BN2O4S. The van der Waals surface area contributed by atoms with E-state index in [1.165, 1.54) is 16.2 Å². The zero-order chi connectivity index (χ0) is 19.8. The van der Waals surface area contributed by atoms with E-state index in [9.17, 15) is 19.6 Å². The van der Waals surface area contributed by atoms with Crippen LogP contribution in [0.25, 0.3) is 0 Å². The van der Waals surface area contributed by atoms with Crippen molar-refractivity contribution in [1.82, 2.24) is 5.32 Å². The van der Waals surface area contributed by atoms with Gasteiger partial charge < -0.3 is 15.4 Å². The Morgan fingerprint density at radius 1 is 1.33 bits per heavy atom. The van der Waals surface area contributed by atoms with Gasteiger partial charge in [0, 0.05) is 5.69 Å². The van der Waals surface area contributed by atoms with E-state index in [4.69, 9.17) is 0 Å². The summed E-state index contributed by atoms with van der Waals surface area (Å²) in [7, 11) is -1.71. The second-order valence-electron chi connectivity index (χ2n) is 6.03. The number of amides is 2. The minimum Gasteiger partial charge on any atom is -0.426 e. The minimum absolute atomic E-state index is 0.241. The number of carbonyl (C=O) groups is 2. The fourth-order valence-electron chi connectivity index (χ4n) is 2.75. The molecular weight excluding hydrogens is 363 g/mol. The SMILES string of the molecule is C=CC(=O)N(CC(=O)NC(Cc1ccsc1)B(O)O)c1ccccc1CC. The molecule has 3 N–H and O–H groups in total. The van der Waals surface area contributed by atoms with E-state index in [1.807, 2.05) is 35.9 Å². The first kappa shape index (κ1) is 20.9. The van der Waals surface area contributed by atoms with Gasteiger partial charge in [-0.25, -0.2) is 0 Å². The number of anilines is 1. The first-order chi connectivity index (χ1) is 13.0. The summed E-state index contributed by atoms with van der Waals surface area (Å²) in [5.41, 5.74) is 2.46. The smallest absolute Gasteiger partial charge is 0.426 e. The number of hydrogen-bond donors (Lipinski definition) is 3.